The van der Waals surface area contributed by atoms with Crippen molar-refractivity contribution in [3.8, 4) is 0 Å². The molecule has 254 valence electrons. The van der Waals surface area contributed by atoms with Gasteiger partial charge < -0.3 is 30.0 Å². The number of hydrogen-bond acceptors (Lipinski definition) is 9. The topological polar surface area (TPSA) is 159 Å². The minimum Gasteiger partial charge on any atom is -0.480 e. The quantitative estimate of drug-likeness (QED) is 0.225. The van der Waals surface area contributed by atoms with Crippen LogP contribution in [0.3, 0.4) is 0 Å². The van der Waals surface area contributed by atoms with Crippen LogP contribution in [0, 0.1) is 29.6 Å². The number of carboxylic acid groups (broad SMARTS) is 1. The highest BCUT2D eigenvalue weighted by molar-refractivity contribution is 5.91. The molecule has 0 radical (unpaired) electrons. The van der Waals surface area contributed by atoms with Gasteiger partial charge in [-0.2, -0.15) is 0 Å². The van der Waals surface area contributed by atoms with Crippen LogP contribution in [0.2, 0.25) is 0 Å². The Labute approximate surface area is 270 Å². The second-order valence-corrected chi connectivity index (χ2v) is 14.1. The monoisotopic (exact) mass is 644 g/mol. The molecule has 4 aliphatic heterocycles. The van der Waals surface area contributed by atoms with Gasteiger partial charge in [0.1, 0.15) is 12.1 Å². The van der Waals surface area contributed by atoms with Crippen LogP contribution < -0.4 is 10.6 Å². The molecule has 5 aliphatic rings. The van der Waals surface area contributed by atoms with Gasteiger partial charge in [-0.25, -0.2) is 14.6 Å². The minimum absolute atomic E-state index is 0.0111. The van der Waals surface area contributed by atoms with Crippen LogP contribution in [0.5, 0.6) is 0 Å². The van der Waals surface area contributed by atoms with Gasteiger partial charge >= 0.3 is 11.9 Å². The van der Waals surface area contributed by atoms with Gasteiger partial charge in [0.15, 0.2) is 11.9 Å². The van der Waals surface area contributed by atoms with Gasteiger partial charge in [-0.1, -0.05) is 58.0 Å². The molecule has 2 amide bonds. The van der Waals surface area contributed by atoms with E-state index in [1.165, 1.54) is 0 Å². The normalized spacial score (nSPS) is 34.5. The lowest BCUT2D eigenvalue weighted by molar-refractivity contribution is -0.576. The van der Waals surface area contributed by atoms with Gasteiger partial charge in [0.2, 0.25) is 23.9 Å². The second kappa shape index (κ2) is 14.0. The van der Waals surface area contributed by atoms with Crippen LogP contribution in [0.15, 0.2) is 30.3 Å². The Morgan fingerprint density at radius 1 is 0.978 bits per heavy atom. The van der Waals surface area contributed by atoms with E-state index in [-0.39, 0.29) is 42.9 Å². The highest BCUT2D eigenvalue weighted by Crippen LogP contribution is 2.60. The van der Waals surface area contributed by atoms with Crippen molar-refractivity contribution < 1.29 is 48.3 Å². The molecule has 2 bridgehead atoms. The van der Waals surface area contributed by atoms with E-state index < -0.39 is 59.8 Å². The van der Waals surface area contributed by atoms with Crippen molar-refractivity contribution in [2.75, 3.05) is 0 Å². The van der Waals surface area contributed by atoms with Crippen molar-refractivity contribution in [1.29, 1.82) is 0 Å². The number of fused-ring (bicyclic) bond motifs is 2. The zero-order valence-electron chi connectivity index (χ0n) is 27.4. The van der Waals surface area contributed by atoms with Crippen molar-refractivity contribution in [3.05, 3.63) is 35.9 Å². The van der Waals surface area contributed by atoms with Crippen LogP contribution in [0.25, 0.3) is 0 Å². The number of carbonyl (C=O) groups is 4. The number of aliphatic carboxylic acids is 1. The zero-order valence-corrected chi connectivity index (χ0v) is 27.4. The molecule has 4 saturated heterocycles. The van der Waals surface area contributed by atoms with Gasteiger partial charge in [-0.3, -0.25) is 14.4 Å². The molecule has 46 heavy (non-hydrogen) atoms. The summed E-state index contributed by atoms with van der Waals surface area (Å²) in [4.78, 5) is 63.0. The molecule has 12 heteroatoms. The molecule has 6 rings (SSSR count). The van der Waals surface area contributed by atoms with Gasteiger partial charge in [-0.05, 0) is 55.9 Å². The molecule has 1 aliphatic carbocycles. The van der Waals surface area contributed by atoms with Crippen LogP contribution >= 0.6 is 0 Å². The van der Waals surface area contributed by atoms with E-state index in [9.17, 15) is 24.3 Å². The molecular formula is C34H48N2O10. The molecule has 10 atom stereocenters. The summed E-state index contributed by atoms with van der Waals surface area (Å²) >= 11 is 0. The first-order valence-corrected chi connectivity index (χ1v) is 16.6. The summed E-state index contributed by atoms with van der Waals surface area (Å²) in [6.45, 7) is 9.83. The van der Waals surface area contributed by atoms with Crippen molar-refractivity contribution >= 4 is 23.8 Å². The highest BCUT2D eigenvalue weighted by atomic mass is 17.3. The summed E-state index contributed by atoms with van der Waals surface area (Å²) in [5, 5.41) is 15.0. The Bertz CT molecular complexity index is 1280. The number of carboxylic acids is 1. The summed E-state index contributed by atoms with van der Waals surface area (Å²) in [5.41, 5.74) is -0.0153. The Morgan fingerprint density at radius 3 is 2.41 bits per heavy atom. The van der Waals surface area contributed by atoms with E-state index in [2.05, 4.69) is 17.6 Å². The molecule has 1 spiro atoms. The van der Waals surface area contributed by atoms with Crippen molar-refractivity contribution in [2.24, 2.45) is 29.6 Å². The maximum atomic E-state index is 13.2. The number of ether oxygens (including phenoxy) is 3. The maximum absolute atomic E-state index is 13.2. The predicted molar refractivity (Wildman–Crippen MR) is 163 cm³/mol. The lowest BCUT2D eigenvalue weighted by Gasteiger charge is -2.59. The van der Waals surface area contributed by atoms with Crippen LogP contribution in [0.1, 0.15) is 85.1 Å². The van der Waals surface area contributed by atoms with Crippen LogP contribution in [-0.4, -0.2) is 64.9 Å². The van der Waals surface area contributed by atoms with Crippen molar-refractivity contribution in [2.45, 2.75) is 122 Å². The fraction of sp³-hybridized carbons (Fsp3) is 0.706. The molecule has 7 unspecified atom stereocenters. The van der Waals surface area contributed by atoms with Gasteiger partial charge in [0.05, 0.1) is 6.42 Å². The van der Waals surface area contributed by atoms with E-state index in [0.29, 0.717) is 18.8 Å². The standard InChI is InChI=1S/C34H48N2O10/c1-19(2)17-25(29(39)36-26(30(40)41)18-22-9-7-6-8-10-22)35-27(37)13-14-28(38)42-31-21(4)24-12-11-20(3)23-15-16-33(5)44-32(43-31)34(23,24)46-45-33/h6-10,19-21,23-26,31-32H,11-18H2,1-5H3,(H,35,37)(H,36,39)(H,40,41)/t20-,21?,23+,24?,25?,26?,31?,32+,33?,34?/m1/s1. The third kappa shape index (κ3) is 7.25. The highest BCUT2D eigenvalue weighted by Gasteiger charge is 2.69. The molecule has 5 fully saturated rings. The number of nitrogens with one attached hydrogen (secondary N) is 2. The first-order valence-electron chi connectivity index (χ1n) is 16.6. The molecule has 3 N–H and O–H groups in total. The maximum Gasteiger partial charge on any atom is 0.326 e. The van der Waals surface area contributed by atoms with E-state index in [0.717, 1.165) is 24.8 Å². The first-order chi connectivity index (χ1) is 21.8. The molecule has 1 aromatic carbocycles. The second-order valence-electron chi connectivity index (χ2n) is 14.1. The lowest BCUT2D eigenvalue weighted by atomic mass is 9.58. The average molecular weight is 645 g/mol. The third-order valence-electron chi connectivity index (χ3n) is 10.2. The van der Waals surface area contributed by atoms with E-state index in [1.54, 1.807) is 24.3 Å². The molecular weight excluding hydrogens is 596 g/mol. The SMILES string of the molecule is CC(C)CC(NC(=O)CCC(=O)OC1O[C@H]2OC3(C)CC[C@H]4[C@H](C)CCC(C1C)C24OO3)C(=O)NC(Cc1ccccc1)C(=O)O. The summed E-state index contributed by atoms with van der Waals surface area (Å²) in [6.07, 6.45) is 1.75. The van der Waals surface area contributed by atoms with Gasteiger partial charge in [0.25, 0.3) is 0 Å². The smallest absolute Gasteiger partial charge is 0.326 e. The largest absolute Gasteiger partial charge is 0.480 e. The Hall–Kier alpha value is -3.06. The summed E-state index contributed by atoms with van der Waals surface area (Å²) in [6, 6.07) is 6.86. The fourth-order valence-electron chi connectivity index (χ4n) is 7.70. The molecule has 1 aromatic rings. The van der Waals surface area contributed by atoms with Crippen molar-refractivity contribution in [1.82, 2.24) is 10.6 Å². The number of rotatable bonds is 12. The molecule has 4 heterocycles. The van der Waals surface area contributed by atoms with E-state index in [4.69, 9.17) is 24.0 Å². The summed E-state index contributed by atoms with van der Waals surface area (Å²) < 4.78 is 18.4. The van der Waals surface area contributed by atoms with Crippen LogP contribution in [-0.2, 0) is 49.6 Å². The van der Waals surface area contributed by atoms with Gasteiger partial charge in [0, 0.05) is 31.1 Å². The Balaban J connectivity index is 1.16. The fourth-order valence-corrected chi connectivity index (χ4v) is 7.70. The summed E-state index contributed by atoms with van der Waals surface area (Å²) in [5.74, 6) is -3.43. The number of hydrogen-bond donors (Lipinski definition) is 3. The number of esters is 1. The lowest BCUT2D eigenvalue weighted by Crippen LogP contribution is -2.70. The Morgan fingerprint density at radius 2 is 1.72 bits per heavy atom. The van der Waals surface area contributed by atoms with Gasteiger partial charge in [-0.15, -0.1) is 0 Å². The molecule has 12 nitrogen and oxygen atoms in total. The summed E-state index contributed by atoms with van der Waals surface area (Å²) in [7, 11) is 0. The zero-order chi connectivity index (χ0) is 33.2. The van der Waals surface area contributed by atoms with Crippen LogP contribution in [0.4, 0.5) is 0 Å². The average Bonchev–Trinajstić information content (AvgIpc) is 3.24. The minimum atomic E-state index is -1.17. The van der Waals surface area contributed by atoms with E-state index in [1.807, 2.05) is 33.8 Å². The van der Waals surface area contributed by atoms with Crippen molar-refractivity contribution in [3.63, 3.8) is 0 Å². The first kappa shape index (κ1) is 34.3. The number of amides is 2. The third-order valence-corrected chi connectivity index (χ3v) is 10.2. The molecule has 1 saturated carbocycles. The number of carbonyl (C=O) groups excluding carboxylic acids is 3. The molecule has 0 aromatic heterocycles. The number of benzene rings is 1. The Kier molecular flexibility index (Phi) is 10.4. The predicted octanol–water partition coefficient (Wildman–Crippen LogP) is 3.86. The van der Waals surface area contributed by atoms with E-state index >= 15 is 0 Å².